The number of nitrogen functional groups attached to an aromatic ring is 1. The monoisotopic (exact) mass is 665 g/mol. The van der Waals surface area contributed by atoms with E-state index in [2.05, 4.69) is 11.9 Å². The van der Waals surface area contributed by atoms with Gasteiger partial charge in [-0.05, 0) is 18.1 Å². The van der Waals surface area contributed by atoms with E-state index in [1.807, 2.05) is 30.3 Å². The molecule has 1 aromatic carbocycles. The first-order valence-corrected chi connectivity index (χ1v) is 19.2. The van der Waals surface area contributed by atoms with Gasteiger partial charge in [-0.2, -0.15) is 4.98 Å². The third-order valence-corrected chi connectivity index (χ3v) is 9.46. The van der Waals surface area contributed by atoms with E-state index in [0.29, 0.717) is 6.61 Å². The highest BCUT2D eigenvalue weighted by Gasteiger charge is 2.27. The second-order valence-electron chi connectivity index (χ2n) is 12.0. The van der Waals surface area contributed by atoms with Crippen LogP contribution >= 0.6 is 7.60 Å². The molecule has 0 spiro atoms. The van der Waals surface area contributed by atoms with Crippen LogP contribution in [0.1, 0.15) is 115 Å². The van der Waals surface area contributed by atoms with Gasteiger partial charge in [0.1, 0.15) is 12.2 Å². The normalized spacial score (nSPS) is 13.5. The maximum absolute atomic E-state index is 13.6. The number of aromatic nitrogens is 2. The van der Waals surface area contributed by atoms with E-state index in [-0.39, 0.29) is 38.5 Å². The summed E-state index contributed by atoms with van der Waals surface area (Å²) in [6.07, 6.45) is 21.4. The molecule has 0 unspecified atom stereocenters. The molecule has 0 bridgehead atoms. The molecule has 0 radical (unpaired) electrons. The highest BCUT2D eigenvalue weighted by molar-refractivity contribution is 7.53. The van der Waals surface area contributed by atoms with Crippen molar-refractivity contribution in [3.05, 3.63) is 58.6 Å². The summed E-state index contributed by atoms with van der Waals surface area (Å²) in [5, 5.41) is 9.81. The molecule has 0 aliphatic rings. The molecule has 262 valence electrons. The van der Waals surface area contributed by atoms with Gasteiger partial charge in [0.2, 0.25) is 0 Å². The number of hydrogen-bond donors (Lipinski definition) is 2. The summed E-state index contributed by atoms with van der Waals surface area (Å²) in [5.74, 6) is 0.104. The Balaban J connectivity index is 1.58. The second-order valence-corrected chi connectivity index (χ2v) is 14.0. The highest BCUT2D eigenvalue weighted by Crippen LogP contribution is 2.49. The summed E-state index contributed by atoms with van der Waals surface area (Å²) in [5.41, 5.74) is 5.82. The molecule has 1 aromatic heterocycles. The lowest BCUT2D eigenvalue weighted by Crippen LogP contribution is -2.32. The number of ether oxygens (including phenoxy) is 2. The molecule has 2 rings (SSSR count). The number of anilines is 1. The van der Waals surface area contributed by atoms with Gasteiger partial charge >= 0.3 is 13.3 Å². The van der Waals surface area contributed by atoms with Gasteiger partial charge in [0.25, 0.3) is 0 Å². The van der Waals surface area contributed by atoms with Crippen molar-refractivity contribution in [2.24, 2.45) is 0 Å². The fourth-order valence-electron chi connectivity index (χ4n) is 5.11. The number of rotatable bonds is 30. The van der Waals surface area contributed by atoms with Gasteiger partial charge in [-0.3, -0.25) is 9.13 Å². The fraction of sp³-hybridized carbons (Fsp3) is 0.714. The zero-order valence-corrected chi connectivity index (χ0v) is 29.1. The molecular weight excluding hydrogens is 605 g/mol. The Bertz CT molecular complexity index is 1120. The van der Waals surface area contributed by atoms with Crippen molar-refractivity contribution in [3.63, 3.8) is 0 Å². The smallest absolute Gasteiger partial charge is 0.356 e. The lowest BCUT2D eigenvalue weighted by atomic mass is 10.0. The van der Waals surface area contributed by atoms with Crippen LogP contribution in [0.4, 0.5) is 5.82 Å². The summed E-state index contributed by atoms with van der Waals surface area (Å²) in [6, 6.07) is 10.8. The number of aliphatic hydroxyl groups is 1. The molecule has 46 heavy (non-hydrogen) atoms. The SMILES string of the molecule is CCCCCCCCCCCCCCCCCCOCCO[P@@](=O)(CO[C@H](CO)Cn1ccc(N)nc1=O)OCc1ccccc1. The molecule has 0 saturated carbocycles. The molecule has 0 amide bonds. The van der Waals surface area contributed by atoms with Crippen LogP contribution in [0.15, 0.2) is 47.4 Å². The lowest BCUT2D eigenvalue weighted by molar-refractivity contribution is 0.0112. The van der Waals surface area contributed by atoms with E-state index < -0.39 is 26.0 Å². The Morgan fingerprint density at radius 3 is 1.96 bits per heavy atom. The maximum atomic E-state index is 13.6. The first-order valence-electron chi connectivity index (χ1n) is 17.5. The predicted molar refractivity (Wildman–Crippen MR) is 185 cm³/mol. The molecule has 0 saturated heterocycles. The van der Waals surface area contributed by atoms with E-state index in [9.17, 15) is 14.5 Å². The Hall–Kier alpha value is -2.07. The first kappa shape index (κ1) is 40.1. The summed E-state index contributed by atoms with van der Waals surface area (Å²) in [7, 11) is -3.71. The van der Waals surface area contributed by atoms with Crippen LogP contribution in [0.5, 0.6) is 0 Å². The molecule has 0 aliphatic carbocycles. The van der Waals surface area contributed by atoms with Gasteiger partial charge in [0.15, 0.2) is 0 Å². The van der Waals surface area contributed by atoms with Crippen molar-refractivity contribution in [1.29, 1.82) is 0 Å². The van der Waals surface area contributed by atoms with Gasteiger partial charge in [0.05, 0.1) is 39.1 Å². The lowest BCUT2D eigenvalue weighted by Gasteiger charge is -2.22. The van der Waals surface area contributed by atoms with Crippen molar-refractivity contribution in [3.8, 4) is 0 Å². The van der Waals surface area contributed by atoms with Crippen molar-refractivity contribution < 1.29 is 28.2 Å². The fourth-order valence-corrected chi connectivity index (χ4v) is 6.42. The van der Waals surface area contributed by atoms with Crippen LogP contribution in [-0.4, -0.2) is 53.5 Å². The first-order chi connectivity index (χ1) is 22.5. The number of aliphatic hydroxyl groups excluding tert-OH is 1. The molecule has 3 N–H and O–H groups in total. The third kappa shape index (κ3) is 19.6. The zero-order valence-electron chi connectivity index (χ0n) is 28.2. The molecule has 2 aromatic rings. The minimum Gasteiger partial charge on any atom is -0.394 e. The largest absolute Gasteiger partial charge is 0.394 e. The van der Waals surface area contributed by atoms with Crippen LogP contribution in [0.25, 0.3) is 0 Å². The second kappa shape index (κ2) is 26.0. The summed E-state index contributed by atoms with van der Waals surface area (Å²) in [6.45, 7) is 2.94. The Morgan fingerprint density at radius 2 is 1.39 bits per heavy atom. The molecular formula is C35H60N3O7P. The standard InChI is InChI=1S/C35H60N3O7P/c1-2-3-4-5-6-7-8-9-10-11-12-13-14-15-16-20-25-42-26-27-44-46(41,45-30-32-21-18-17-19-22-32)31-43-33(29-39)28-38-24-23-34(36)37-35(38)40/h17-19,21-24,33,39H,2-16,20,25-31H2,1H3,(H2,36,37,40)/t33-,46-/m0/s1. The topological polar surface area (TPSA) is 135 Å². The number of unbranched alkanes of at least 4 members (excludes halogenated alkanes) is 15. The number of nitrogens with zero attached hydrogens (tertiary/aromatic N) is 2. The summed E-state index contributed by atoms with van der Waals surface area (Å²) in [4.78, 5) is 15.7. The van der Waals surface area contributed by atoms with Gasteiger partial charge < -0.3 is 29.4 Å². The Labute approximate surface area is 276 Å². The van der Waals surface area contributed by atoms with Crippen molar-refractivity contribution in [1.82, 2.24) is 9.55 Å². The van der Waals surface area contributed by atoms with Crippen molar-refractivity contribution in [2.45, 2.75) is 129 Å². The molecule has 0 aliphatic heterocycles. The maximum Gasteiger partial charge on any atom is 0.356 e. The van der Waals surface area contributed by atoms with Crippen LogP contribution in [0, 0.1) is 0 Å². The molecule has 0 fully saturated rings. The van der Waals surface area contributed by atoms with Gasteiger partial charge in [-0.1, -0.05) is 134 Å². The number of benzene rings is 1. The average Bonchev–Trinajstić information content (AvgIpc) is 3.06. The van der Waals surface area contributed by atoms with Crippen LogP contribution in [0.3, 0.4) is 0 Å². The molecule has 10 nitrogen and oxygen atoms in total. The van der Waals surface area contributed by atoms with E-state index in [1.54, 1.807) is 0 Å². The van der Waals surface area contributed by atoms with Crippen molar-refractivity contribution >= 4 is 13.4 Å². The van der Waals surface area contributed by atoms with Crippen LogP contribution < -0.4 is 11.4 Å². The average molecular weight is 666 g/mol. The molecule has 11 heteroatoms. The minimum absolute atomic E-state index is 0.00369. The number of nitrogens with two attached hydrogens (primary N) is 1. The summed E-state index contributed by atoms with van der Waals surface area (Å²) >= 11 is 0. The van der Waals surface area contributed by atoms with E-state index in [1.165, 1.54) is 107 Å². The van der Waals surface area contributed by atoms with Crippen LogP contribution in [-0.2, 0) is 36.2 Å². The Kier molecular flexibility index (Phi) is 22.6. The highest BCUT2D eigenvalue weighted by atomic mass is 31.2. The van der Waals surface area contributed by atoms with E-state index >= 15 is 0 Å². The van der Waals surface area contributed by atoms with Crippen molar-refractivity contribution in [2.75, 3.05) is 38.5 Å². The number of hydrogen-bond acceptors (Lipinski definition) is 9. The van der Waals surface area contributed by atoms with Gasteiger partial charge in [-0.15, -0.1) is 0 Å². The zero-order chi connectivity index (χ0) is 33.1. The Morgan fingerprint density at radius 1 is 0.804 bits per heavy atom. The minimum atomic E-state index is -3.71. The van der Waals surface area contributed by atoms with E-state index in [4.69, 9.17) is 24.3 Å². The van der Waals surface area contributed by atoms with E-state index in [0.717, 1.165) is 18.4 Å². The molecule has 1 heterocycles. The van der Waals surface area contributed by atoms with Crippen LogP contribution in [0.2, 0.25) is 0 Å². The van der Waals surface area contributed by atoms with Gasteiger partial charge in [0, 0.05) is 12.8 Å². The third-order valence-electron chi connectivity index (χ3n) is 7.90. The predicted octanol–water partition coefficient (Wildman–Crippen LogP) is 7.87. The summed E-state index contributed by atoms with van der Waals surface area (Å²) < 4.78 is 37.6. The van der Waals surface area contributed by atoms with Gasteiger partial charge in [-0.25, -0.2) is 4.79 Å². The quantitative estimate of drug-likeness (QED) is 0.0631. The molecule has 2 atom stereocenters.